The van der Waals surface area contributed by atoms with Gasteiger partial charge in [0.25, 0.3) is 5.91 Å². The summed E-state index contributed by atoms with van der Waals surface area (Å²) in [7, 11) is -3.34. The highest BCUT2D eigenvalue weighted by Gasteiger charge is 2.20. The highest BCUT2D eigenvalue weighted by atomic mass is 35.5. The van der Waals surface area contributed by atoms with Crippen molar-refractivity contribution < 1.29 is 13.2 Å². The Morgan fingerprint density at radius 2 is 1.59 bits per heavy atom. The van der Waals surface area contributed by atoms with Crippen molar-refractivity contribution in [3.05, 3.63) is 65.7 Å². The number of hydrogen-bond acceptors (Lipinski definition) is 4. The maximum Gasteiger partial charge on any atom is 0.253 e. The highest BCUT2D eigenvalue weighted by molar-refractivity contribution is 7.92. The first-order valence-corrected chi connectivity index (χ1v) is 10.3. The highest BCUT2D eigenvalue weighted by Crippen LogP contribution is 2.17. The fraction of sp³-hybridized carbons (Fsp3) is 0.350. The second-order valence-corrected chi connectivity index (χ2v) is 8.94. The van der Waals surface area contributed by atoms with E-state index in [2.05, 4.69) is 0 Å². The maximum absolute atomic E-state index is 12.8. The number of rotatable bonds is 8. The van der Waals surface area contributed by atoms with Gasteiger partial charge in [0, 0.05) is 25.2 Å². The molecule has 0 aliphatic carbocycles. The fourth-order valence-electron chi connectivity index (χ4n) is 2.62. The van der Waals surface area contributed by atoms with Gasteiger partial charge in [-0.25, -0.2) is 8.42 Å². The number of nitrogens with two attached hydrogens (primary N) is 1. The van der Waals surface area contributed by atoms with Gasteiger partial charge in [-0.2, -0.15) is 0 Å². The Labute approximate surface area is 167 Å². The smallest absolute Gasteiger partial charge is 0.253 e. The van der Waals surface area contributed by atoms with Crippen LogP contribution in [0, 0.1) is 0 Å². The number of carbonyl (C=O) groups excluding carboxylic acids is 1. The fourth-order valence-corrected chi connectivity index (χ4v) is 3.68. The molecule has 1 amide bonds. The van der Waals surface area contributed by atoms with Gasteiger partial charge in [-0.3, -0.25) is 4.79 Å². The summed E-state index contributed by atoms with van der Waals surface area (Å²) in [5.74, 6) is -0.139. The Bertz CT molecular complexity index is 822. The summed E-state index contributed by atoms with van der Waals surface area (Å²) in [6, 6.07) is 16.1. The summed E-state index contributed by atoms with van der Waals surface area (Å²) >= 11 is 0. The minimum atomic E-state index is -3.34. The van der Waals surface area contributed by atoms with Crippen molar-refractivity contribution in [2.75, 3.05) is 19.6 Å². The van der Waals surface area contributed by atoms with Crippen LogP contribution in [0.3, 0.4) is 0 Å². The van der Waals surface area contributed by atoms with Gasteiger partial charge in [-0.15, -0.1) is 12.4 Å². The van der Waals surface area contributed by atoms with Crippen LogP contribution in [0.4, 0.5) is 0 Å². The molecular weight excluding hydrogens is 384 g/mol. The molecule has 2 N–H and O–H groups in total. The molecule has 7 heteroatoms. The molecule has 0 saturated carbocycles. The number of halogens is 1. The van der Waals surface area contributed by atoms with E-state index in [-0.39, 0.29) is 23.2 Å². The normalized spacial score (nSPS) is 11.1. The molecule has 0 aromatic heterocycles. The number of sulfone groups is 1. The quantitative estimate of drug-likeness (QED) is 0.725. The predicted molar refractivity (Wildman–Crippen MR) is 111 cm³/mol. The van der Waals surface area contributed by atoms with Crippen LogP contribution in [0.2, 0.25) is 0 Å². The third-order valence-electron chi connectivity index (χ3n) is 4.25. The average molecular weight is 411 g/mol. The first-order valence-electron chi connectivity index (χ1n) is 8.73. The zero-order valence-corrected chi connectivity index (χ0v) is 17.3. The molecule has 0 saturated heterocycles. The lowest BCUT2D eigenvalue weighted by Crippen LogP contribution is -2.37. The third kappa shape index (κ3) is 6.06. The molecule has 0 atom stereocenters. The standard InChI is InChI=1S/C20H26N2O3S.ClH/c1-16(2)26(24,25)19-10-8-18(9-11-19)20(23)22(15-13-21)14-12-17-6-4-3-5-7-17;/h3-11,16H,12-15,21H2,1-2H3;1H. The van der Waals surface area contributed by atoms with Crippen LogP contribution in [-0.2, 0) is 16.3 Å². The van der Waals surface area contributed by atoms with Crippen LogP contribution in [0.5, 0.6) is 0 Å². The van der Waals surface area contributed by atoms with Gasteiger partial charge in [-0.1, -0.05) is 30.3 Å². The van der Waals surface area contributed by atoms with Crippen molar-refractivity contribution in [2.45, 2.75) is 30.4 Å². The molecule has 0 bridgehead atoms. The largest absolute Gasteiger partial charge is 0.337 e. The molecule has 2 aromatic rings. The Morgan fingerprint density at radius 3 is 2.11 bits per heavy atom. The predicted octanol–water partition coefficient (Wildman–Crippen LogP) is 2.93. The molecule has 148 valence electrons. The minimum absolute atomic E-state index is 0. The number of benzene rings is 2. The SMILES string of the molecule is CC(C)S(=O)(=O)c1ccc(C(=O)N(CCN)CCc2ccccc2)cc1.Cl. The second-order valence-electron chi connectivity index (χ2n) is 6.43. The maximum atomic E-state index is 12.8. The molecule has 2 rings (SSSR count). The first-order chi connectivity index (χ1) is 12.4. The summed E-state index contributed by atoms with van der Waals surface area (Å²) in [4.78, 5) is 14.7. The Kier molecular flexibility index (Phi) is 8.96. The van der Waals surface area contributed by atoms with E-state index < -0.39 is 15.1 Å². The van der Waals surface area contributed by atoms with Crippen LogP contribution < -0.4 is 5.73 Å². The summed E-state index contributed by atoms with van der Waals surface area (Å²) in [5, 5.41) is -0.497. The summed E-state index contributed by atoms with van der Waals surface area (Å²) in [6.07, 6.45) is 0.742. The van der Waals surface area contributed by atoms with Gasteiger partial charge in [0.1, 0.15) is 0 Å². The van der Waals surface area contributed by atoms with Crippen LogP contribution in [-0.4, -0.2) is 44.1 Å². The number of carbonyl (C=O) groups is 1. The zero-order chi connectivity index (χ0) is 19.2. The Hall–Kier alpha value is -1.89. The van der Waals surface area contributed by atoms with E-state index in [1.54, 1.807) is 30.9 Å². The van der Waals surface area contributed by atoms with Gasteiger partial charge < -0.3 is 10.6 Å². The van der Waals surface area contributed by atoms with Gasteiger partial charge in [0.15, 0.2) is 9.84 Å². The summed E-state index contributed by atoms with van der Waals surface area (Å²) in [6.45, 7) is 4.67. The van der Waals surface area contributed by atoms with E-state index in [1.165, 1.54) is 12.1 Å². The monoisotopic (exact) mass is 410 g/mol. The van der Waals surface area contributed by atoms with E-state index in [9.17, 15) is 13.2 Å². The number of nitrogens with zero attached hydrogens (tertiary/aromatic N) is 1. The molecule has 0 aliphatic heterocycles. The first kappa shape index (κ1) is 23.1. The molecule has 5 nitrogen and oxygen atoms in total. The molecule has 0 radical (unpaired) electrons. The van der Waals surface area contributed by atoms with E-state index in [0.717, 1.165) is 12.0 Å². The van der Waals surface area contributed by atoms with E-state index in [1.807, 2.05) is 30.3 Å². The Morgan fingerprint density at radius 1 is 1.00 bits per heavy atom. The Balaban J connectivity index is 0.00000364. The van der Waals surface area contributed by atoms with Crippen LogP contribution in [0.25, 0.3) is 0 Å². The van der Waals surface area contributed by atoms with Crippen molar-refractivity contribution >= 4 is 28.2 Å². The molecule has 0 fully saturated rings. The lowest BCUT2D eigenvalue weighted by atomic mass is 10.1. The minimum Gasteiger partial charge on any atom is -0.337 e. The van der Waals surface area contributed by atoms with Gasteiger partial charge >= 0.3 is 0 Å². The van der Waals surface area contributed by atoms with Crippen LogP contribution in [0.1, 0.15) is 29.8 Å². The molecule has 0 heterocycles. The van der Waals surface area contributed by atoms with Gasteiger partial charge in [0.2, 0.25) is 0 Å². The topological polar surface area (TPSA) is 80.5 Å². The van der Waals surface area contributed by atoms with Crippen molar-refractivity contribution in [1.82, 2.24) is 4.90 Å². The molecule has 27 heavy (non-hydrogen) atoms. The van der Waals surface area contributed by atoms with Gasteiger partial charge in [-0.05, 0) is 50.1 Å². The van der Waals surface area contributed by atoms with E-state index >= 15 is 0 Å². The van der Waals surface area contributed by atoms with E-state index in [4.69, 9.17) is 5.73 Å². The summed E-state index contributed by atoms with van der Waals surface area (Å²) in [5.41, 5.74) is 7.28. The second kappa shape index (κ2) is 10.4. The van der Waals surface area contributed by atoms with Crippen LogP contribution >= 0.6 is 12.4 Å². The van der Waals surface area contributed by atoms with Crippen molar-refractivity contribution in [3.63, 3.8) is 0 Å². The van der Waals surface area contributed by atoms with Crippen molar-refractivity contribution in [3.8, 4) is 0 Å². The lowest BCUT2D eigenvalue weighted by Gasteiger charge is -2.22. The number of hydrogen-bond donors (Lipinski definition) is 1. The molecule has 0 spiro atoms. The lowest BCUT2D eigenvalue weighted by molar-refractivity contribution is 0.0762. The average Bonchev–Trinajstić information content (AvgIpc) is 2.65. The number of amides is 1. The van der Waals surface area contributed by atoms with Crippen LogP contribution in [0.15, 0.2) is 59.5 Å². The van der Waals surface area contributed by atoms with Gasteiger partial charge in [0.05, 0.1) is 10.1 Å². The molecule has 0 unspecified atom stereocenters. The molecule has 0 aliphatic rings. The van der Waals surface area contributed by atoms with Crippen molar-refractivity contribution in [2.24, 2.45) is 5.73 Å². The molecule has 2 aromatic carbocycles. The van der Waals surface area contributed by atoms with E-state index in [0.29, 0.717) is 25.2 Å². The summed E-state index contributed by atoms with van der Waals surface area (Å²) < 4.78 is 24.4. The van der Waals surface area contributed by atoms with Crippen molar-refractivity contribution in [1.29, 1.82) is 0 Å². The third-order valence-corrected chi connectivity index (χ3v) is 6.42. The molecular formula is C20H27ClN2O3S. The zero-order valence-electron chi connectivity index (χ0n) is 15.7.